The largest absolute Gasteiger partial charge is 0.478 e. The van der Waals surface area contributed by atoms with E-state index in [-0.39, 0.29) is 16.9 Å². The Kier molecular flexibility index (Phi) is 5.75. The Labute approximate surface area is 150 Å². The first-order valence-corrected chi connectivity index (χ1v) is 9.37. The van der Waals surface area contributed by atoms with E-state index in [0.717, 1.165) is 24.2 Å². The van der Waals surface area contributed by atoms with E-state index in [2.05, 4.69) is 15.8 Å². The summed E-state index contributed by atoms with van der Waals surface area (Å²) in [5.74, 6) is -0.910. The van der Waals surface area contributed by atoms with Crippen molar-refractivity contribution < 1.29 is 9.90 Å². The van der Waals surface area contributed by atoms with Gasteiger partial charge in [0.25, 0.3) is 0 Å². The number of nitrogens with zero attached hydrogens (tertiary/aromatic N) is 2. The van der Waals surface area contributed by atoms with E-state index in [1.807, 2.05) is 42.5 Å². The molecular weight excluding hydrogens is 334 g/mol. The SMILES string of the molecule is NCCCN1C(c2ccc(C(=O)O)cc2)C=CS1=Nc1ccccc1. The predicted molar refractivity (Wildman–Crippen MR) is 102 cm³/mol. The molecule has 5 nitrogen and oxygen atoms in total. The van der Waals surface area contributed by atoms with Gasteiger partial charge in [0.15, 0.2) is 0 Å². The van der Waals surface area contributed by atoms with E-state index in [9.17, 15) is 4.79 Å². The normalized spacial score (nSPS) is 20.2. The zero-order valence-corrected chi connectivity index (χ0v) is 14.6. The second kappa shape index (κ2) is 8.20. The van der Waals surface area contributed by atoms with Crippen molar-refractivity contribution in [2.24, 2.45) is 10.1 Å². The number of carboxylic acids is 1. The van der Waals surface area contributed by atoms with Crippen LogP contribution in [0.4, 0.5) is 5.69 Å². The third kappa shape index (κ3) is 4.22. The van der Waals surface area contributed by atoms with Crippen molar-refractivity contribution >= 4 is 22.5 Å². The average molecular weight is 355 g/mol. The van der Waals surface area contributed by atoms with Gasteiger partial charge in [-0.25, -0.2) is 13.5 Å². The molecule has 130 valence electrons. The number of nitrogens with two attached hydrogens (primary N) is 1. The molecule has 2 unspecified atom stereocenters. The second-order valence-corrected chi connectivity index (χ2v) is 7.21. The Hall–Kier alpha value is -2.28. The van der Waals surface area contributed by atoms with Gasteiger partial charge in [-0.05, 0) is 48.2 Å². The highest BCUT2D eigenvalue weighted by Crippen LogP contribution is 2.32. The van der Waals surface area contributed by atoms with Crippen molar-refractivity contribution in [2.75, 3.05) is 13.1 Å². The highest BCUT2D eigenvalue weighted by Gasteiger charge is 2.25. The summed E-state index contributed by atoms with van der Waals surface area (Å²) in [5.41, 5.74) is 8.02. The van der Waals surface area contributed by atoms with Crippen molar-refractivity contribution in [3.8, 4) is 0 Å². The minimum atomic E-state index is -0.910. The monoisotopic (exact) mass is 355 g/mol. The van der Waals surface area contributed by atoms with Crippen molar-refractivity contribution in [2.45, 2.75) is 12.5 Å². The number of benzene rings is 2. The lowest BCUT2D eigenvalue weighted by Gasteiger charge is -2.25. The molecule has 3 N–H and O–H groups in total. The van der Waals surface area contributed by atoms with Gasteiger partial charge in [-0.2, -0.15) is 0 Å². The van der Waals surface area contributed by atoms with Crippen LogP contribution in [-0.2, 0) is 10.9 Å². The van der Waals surface area contributed by atoms with Gasteiger partial charge in [0.2, 0.25) is 0 Å². The lowest BCUT2D eigenvalue weighted by Crippen LogP contribution is -2.27. The van der Waals surface area contributed by atoms with Crippen LogP contribution in [0.15, 0.2) is 70.4 Å². The predicted octanol–water partition coefficient (Wildman–Crippen LogP) is 3.65. The van der Waals surface area contributed by atoms with E-state index in [1.54, 1.807) is 12.1 Å². The van der Waals surface area contributed by atoms with E-state index in [1.165, 1.54) is 0 Å². The van der Waals surface area contributed by atoms with Gasteiger partial charge in [-0.3, -0.25) is 0 Å². The van der Waals surface area contributed by atoms with Crippen LogP contribution in [0, 0.1) is 0 Å². The molecule has 1 aliphatic heterocycles. The Morgan fingerprint density at radius 2 is 1.88 bits per heavy atom. The van der Waals surface area contributed by atoms with Crippen LogP contribution >= 0.6 is 0 Å². The van der Waals surface area contributed by atoms with Crippen LogP contribution in [0.5, 0.6) is 0 Å². The number of carbonyl (C=O) groups is 1. The topological polar surface area (TPSA) is 78.9 Å². The molecule has 1 aliphatic rings. The fourth-order valence-corrected chi connectivity index (χ4v) is 4.38. The molecule has 0 bridgehead atoms. The Bertz CT molecular complexity index is 788. The van der Waals surface area contributed by atoms with E-state index in [4.69, 9.17) is 15.2 Å². The molecule has 6 heteroatoms. The maximum atomic E-state index is 11.0. The molecule has 0 radical (unpaired) electrons. The molecule has 0 saturated carbocycles. The minimum Gasteiger partial charge on any atom is -0.478 e. The molecule has 0 fully saturated rings. The van der Waals surface area contributed by atoms with Crippen molar-refractivity contribution in [3.63, 3.8) is 0 Å². The van der Waals surface area contributed by atoms with Crippen molar-refractivity contribution in [1.82, 2.24) is 4.31 Å². The van der Waals surface area contributed by atoms with Crippen LogP contribution in [0.25, 0.3) is 0 Å². The molecule has 2 atom stereocenters. The van der Waals surface area contributed by atoms with Gasteiger partial charge >= 0.3 is 5.97 Å². The van der Waals surface area contributed by atoms with Crippen LogP contribution in [0.3, 0.4) is 0 Å². The van der Waals surface area contributed by atoms with Crippen LogP contribution in [0.1, 0.15) is 28.4 Å². The summed E-state index contributed by atoms with van der Waals surface area (Å²) in [6.45, 7) is 1.47. The number of hydrogen-bond donors (Lipinski definition) is 2. The zero-order chi connectivity index (χ0) is 17.6. The quantitative estimate of drug-likeness (QED) is 0.829. The fourth-order valence-electron chi connectivity index (χ4n) is 2.69. The summed E-state index contributed by atoms with van der Waals surface area (Å²) < 4.78 is 7.16. The van der Waals surface area contributed by atoms with Crippen molar-refractivity contribution in [1.29, 1.82) is 0 Å². The van der Waals surface area contributed by atoms with Gasteiger partial charge < -0.3 is 10.8 Å². The average Bonchev–Trinajstić information content (AvgIpc) is 3.03. The van der Waals surface area contributed by atoms with E-state index >= 15 is 0 Å². The summed E-state index contributed by atoms with van der Waals surface area (Å²) in [6.07, 6.45) is 3.03. The van der Waals surface area contributed by atoms with Crippen LogP contribution < -0.4 is 5.73 Å². The third-order valence-corrected chi connectivity index (χ3v) is 5.66. The summed E-state index contributed by atoms with van der Waals surface area (Å²) in [4.78, 5) is 11.0. The van der Waals surface area contributed by atoms with Gasteiger partial charge in [0.1, 0.15) is 0 Å². The number of carboxylic acid groups (broad SMARTS) is 1. The first-order chi connectivity index (χ1) is 12.2. The standard InChI is InChI=1S/C19H21N3O2S/c20-12-4-13-22-18(15-7-9-16(10-8-15)19(23)24)11-14-25(22)21-17-5-2-1-3-6-17/h1-3,5-11,14,18H,4,12-13,20H2,(H,23,24). The highest BCUT2D eigenvalue weighted by molar-refractivity contribution is 7.88. The Balaban J connectivity index is 1.87. The Morgan fingerprint density at radius 3 is 2.52 bits per heavy atom. The lowest BCUT2D eigenvalue weighted by molar-refractivity contribution is 0.0697. The number of hydrogen-bond acceptors (Lipinski definition) is 3. The molecule has 0 aliphatic carbocycles. The molecule has 0 spiro atoms. The highest BCUT2D eigenvalue weighted by atomic mass is 32.2. The van der Waals surface area contributed by atoms with Crippen LogP contribution in [-0.4, -0.2) is 28.5 Å². The lowest BCUT2D eigenvalue weighted by atomic mass is 10.0. The molecule has 2 aromatic rings. The summed E-state index contributed by atoms with van der Waals surface area (Å²) in [7, 11) is -0.356. The molecule has 2 aromatic carbocycles. The third-order valence-electron chi connectivity index (χ3n) is 3.97. The van der Waals surface area contributed by atoms with Gasteiger partial charge in [-0.1, -0.05) is 36.4 Å². The molecule has 1 heterocycles. The summed E-state index contributed by atoms with van der Waals surface area (Å²) in [5, 5.41) is 11.2. The first kappa shape index (κ1) is 17.5. The summed E-state index contributed by atoms with van der Waals surface area (Å²) in [6, 6.07) is 17.1. The molecule has 0 aromatic heterocycles. The number of aromatic carboxylic acids is 1. The summed E-state index contributed by atoms with van der Waals surface area (Å²) >= 11 is 0. The number of rotatable bonds is 6. The molecular formula is C19H21N3O2S. The minimum absolute atomic E-state index is 0.0881. The van der Waals surface area contributed by atoms with Gasteiger partial charge in [0, 0.05) is 17.4 Å². The van der Waals surface area contributed by atoms with Crippen LogP contribution in [0.2, 0.25) is 0 Å². The van der Waals surface area contributed by atoms with Gasteiger partial charge in [-0.15, -0.1) is 0 Å². The zero-order valence-electron chi connectivity index (χ0n) is 13.8. The maximum absolute atomic E-state index is 11.0. The van der Waals surface area contributed by atoms with E-state index < -0.39 is 5.97 Å². The Morgan fingerprint density at radius 1 is 1.16 bits per heavy atom. The molecule has 0 amide bonds. The van der Waals surface area contributed by atoms with Crippen molar-refractivity contribution in [3.05, 3.63) is 77.2 Å². The second-order valence-electron chi connectivity index (χ2n) is 5.70. The molecule has 3 rings (SSSR count). The smallest absolute Gasteiger partial charge is 0.335 e. The fraction of sp³-hybridized carbons (Fsp3) is 0.211. The molecule has 0 saturated heterocycles. The van der Waals surface area contributed by atoms with E-state index in [0.29, 0.717) is 12.1 Å². The maximum Gasteiger partial charge on any atom is 0.335 e. The van der Waals surface area contributed by atoms with Gasteiger partial charge in [0.05, 0.1) is 17.3 Å². The first-order valence-electron chi connectivity index (χ1n) is 8.17. The molecule has 25 heavy (non-hydrogen) atoms.